The first-order chi connectivity index (χ1) is 8.68. The van der Waals surface area contributed by atoms with Crippen molar-refractivity contribution in [2.24, 2.45) is 0 Å². The number of amides is 1. The first-order valence-electron chi connectivity index (χ1n) is 5.57. The van der Waals surface area contributed by atoms with Gasteiger partial charge in [-0.05, 0) is 24.3 Å². The van der Waals surface area contributed by atoms with Crippen molar-refractivity contribution in [1.82, 2.24) is 0 Å². The Morgan fingerprint density at radius 3 is 2.39 bits per heavy atom. The van der Waals surface area contributed by atoms with Crippen molar-refractivity contribution in [1.29, 1.82) is 0 Å². The zero-order valence-corrected chi connectivity index (χ0v) is 10.3. The van der Waals surface area contributed by atoms with Gasteiger partial charge in [-0.1, -0.05) is 42.4 Å². The van der Waals surface area contributed by atoms with Crippen molar-refractivity contribution in [2.45, 2.75) is 0 Å². The molecule has 0 spiro atoms. The summed E-state index contributed by atoms with van der Waals surface area (Å²) in [5, 5.41) is 0.601. The van der Waals surface area contributed by atoms with Crippen LogP contribution in [0.25, 0.3) is 5.70 Å². The Hall–Kier alpha value is -2.06. The highest BCUT2D eigenvalue weighted by Gasteiger charge is 2.31. The second-order valence-corrected chi connectivity index (χ2v) is 4.55. The van der Waals surface area contributed by atoms with Gasteiger partial charge in [0, 0.05) is 16.1 Å². The molecule has 0 saturated carbocycles. The van der Waals surface area contributed by atoms with Crippen LogP contribution in [0.2, 0.25) is 5.02 Å². The van der Waals surface area contributed by atoms with Crippen LogP contribution < -0.4 is 4.90 Å². The Balaban J connectivity index is 2.12. The molecule has 1 amide bonds. The molecule has 2 nitrogen and oxygen atoms in total. The van der Waals surface area contributed by atoms with Crippen LogP contribution in [-0.4, -0.2) is 5.91 Å². The van der Waals surface area contributed by atoms with E-state index in [9.17, 15) is 4.79 Å². The summed E-state index contributed by atoms with van der Waals surface area (Å²) in [6, 6.07) is 14.7. The van der Waals surface area contributed by atoms with E-state index in [4.69, 9.17) is 11.6 Å². The lowest BCUT2D eigenvalue weighted by molar-refractivity contribution is 0.101. The van der Waals surface area contributed by atoms with E-state index in [2.05, 4.69) is 6.58 Å². The molecule has 0 aliphatic carbocycles. The molecule has 0 radical (unpaired) electrons. The van der Waals surface area contributed by atoms with Crippen LogP contribution in [0.15, 0.2) is 55.1 Å². The quantitative estimate of drug-likeness (QED) is 0.755. The number of hydrogen-bond acceptors (Lipinski definition) is 1. The van der Waals surface area contributed by atoms with E-state index in [0.29, 0.717) is 16.3 Å². The van der Waals surface area contributed by atoms with Gasteiger partial charge in [0.25, 0.3) is 5.91 Å². The molecular formula is C15H10ClNO. The van der Waals surface area contributed by atoms with E-state index in [1.165, 1.54) is 0 Å². The highest BCUT2D eigenvalue weighted by atomic mass is 35.5. The van der Waals surface area contributed by atoms with E-state index in [-0.39, 0.29) is 5.91 Å². The van der Waals surface area contributed by atoms with Gasteiger partial charge in [0.15, 0.2) is 0 Å². The van der Waals surface area contributed by atoms with Gasteiger partial charge in [-0.25, -0.2) is 0 Å². The Morgan fingerprint density at radius 1 is 1.00 bits per heavy atom. The van der Waals surface area contributed by atoms with Crippen molar-refractivity contribution in [2.75, 3.05) is 4.90 Å². The van der Waals surface area contributed by atoms with Gasteiger partial charge in [-0.15, -0.1) is 0 Å². The van der Waals surface area contributed by atoms with Crippen LogP contribution in [0.3, 0.4) is 0 Å². The number of anilines is 1. The highest BCUT2D eigenvalue weighted by molar-refractivity contribution is 6.31. The van der Waals surface area contributed by atoms with Gasteiger partial charge in [0.2, 0.25) is 0 Å². The number of halogens is 1. The maximum absolute atomic E-state index is 12.3. The molecule has 0 aromatic heterocycles. The molecule has 1 aliphatic rings. The van der Waals surface area contributed by atoms with Gasteiger partial charge in [0.05, 0.1) is 11.4 Å². The fourth-order valence-corrected chi connectivity index (χ4v) is 2.36. The minimum absolute atomic E-state index is 0.0575. The molecule has 1 aliphatic heterocycles. The summed E-state index contributed by atoms with van der Waals surface area (Å²) in [6.07, 6.45) is 0. The van der Waals surface area contributed by atoms with Crippen LogP contribution in [0.1, 0.15) is 15.9 Å². The fraction of sp³-hybridized carbons (Fsp3) is 0. The maximum Gasteiger partial charge on any atom is 0.263 e. The van der Waals surface area contributed by atoms with Crippen molar-refractivity contribution < 1.29 is 4.79 Å². The number of benzene rings is 2. The molecular weight excluding hydrogens is 246 g/mol. The molecule has 0 atom stereocenters. The number of rotatable bonds is 1. The minimum atomic E-state index is -0.0575. The van der Waals surface area contributed by atoms with E-state index in [1.807, 2.05) is 36.4 Å². The van der Waals surface area contributed by atoms with Crippen molar-refractivity contribution >= 4 is 28.9 Å². The average molecular weight is 256 g/mol. The molecule has 2 aromatic carbocycles. The number of fused-ring (bicyclic) bond motifs is 1. The zero-order valence-electron chi connectivity index (χ0n) is 9.56. The second kappa shape index (κ2) is 4.00. The SMILES string of the molecule is C=C1c2ccccc2C(=O)N1c1cccc(Cl)c1. The molecule has 88 valence electrons. The van der Waals surface area contributed by atoms with Gasteiger partial charge in [-0.3, -0.25) is 9.69 Å². The first kappa shape index (κ1) is 11.1. The van der Waals surface area contributed by atoms with Crippen molar-refractivity contribution in [3.05, 3.63) is 71.3 Å². The summed E-state index contributed by atoms with van der Waals surface area (Å²) in [5.74, 6) is -0.0575. The van der Waals surface area contributed by atoms with Crippen molar-refractivity contribution in [3.63, 3.8) is 0 Å². The molecule has 2 aromatic rings. The first-order valence-corrected chi connectivity index (χ1v) is 5.94. The smallest absolute Gasteiger partial charge is 0.263 e. The Kier molecular flexibility index (Phi) is 2.46. The lowest BCUT2D eigenvalue weighted by atomic mass is 10.1. The molecule has 0 bridgehead atoms. The summed E-state index contributed by atoms with van der Waals surface area (Å²) in [5.41, 5.74) is 3.00. The topological polar surface area (TPSA) is 20.3 Å². The predicted molar refractivity (Wildman–Crippen MR) is 73.7 cm³/mol. The van der Waals surface area contributed by atoms with Gasteiger partial charge in [0.1, 0.15) is 0 Å². The molecule has 0 saturated heterocycles. The Bertz CT molecular complexity index is 628. The third kappa shape index (κ3) is 1.54. The van der Waals surface area contributed by atoms with Crippen LogP contribution in [0.5, 0.6) is 0 Å². The summed E-state index contributed by atoms with van der Waals surface area (Å²) >= 11 is 5.96. The minimum Gasteiger partial charge on any atom is -0.277 e. The van der Waals surface area contributed by atoms with Gasteiger partial charge >= 0.3 is 0 Å². The monoisotopic (exact) mass is 255 g/mol. The van der Waals surface area contributed by atoms with Gasteiger partial charge in [-0.2, -0.15) is 0 Å². The summed E-state index contributed by atoms with van der Waals surface area (Å²) in [4.78, 5) is 13.9. The lowest BCUT2D eigenvalue weighted by Gasteiger charge is -2.17. The fourth-order valence-electron chi connectivity index (χ4n) is 2.17. The van der Waals surface area contributed by atoms with E-state index in [0.717, 1.165) is 11.3 Å². The van der Waals surface area contributed by atoms with E-state index < -0.39 is 0 Å². The Labute approximate surface area is 110 Å². The molecule has 1 heterocycles. The third-order valence-corrected chi connectivity index (χ3v) is 3.24. The zero-order chi connectivity index (χ0) is 12.7. The number of hydrogen-bond donors (Lipinski definition) is 0. The number of carbonyl (C=O) groups excluding carboxylic acids is 1. The highest BCUT2D eigenvalue weighted by Crippen LogP contribution is 2.36. The Morgan fingerprint density at radius 2 is 1.72 bits per heavy atom. The van der Waals surface area contributed by atoms with Crippen molar-refractivity contribution in [3.8, 4) is 0 Å². The number of carbonyl (C=O) groups is 1. The largest absolute Gasteiger partial charge is 0.277 e. The number of nitrogens with zero attached hydrogens (tertiary/aromatic N) is 1. The molecule has 3 heteroatoms. The molecule has 3 rings (SSSR count). The molecule has 0 N–H and O–H groups in total. The second-order valence-electron chi connectivity index (χ2n) is 4.11. The summed E-state index contributed by atoms with van der Waals surface area (Å²) in [6.45, 7) is 4.00. The predicted octanol–water partition coefficient (Wildman–Crippen LogP) is 3.97. The van der Waals surface area contributed by atoms with Gasteiger partial charge < -0.3 is 0 Å². The lowest BCUT2D eigenvalue weighted by Crippen LogP contribution is -2.21. The molecule has 18 heavy (non-hydrogen) atoms. The maximum atomic E-state index is 12.3. The van der Waals surface area contributed by atoms with E-state index >= 15 is 0 Å². The van der Waals surface area contributed by atoms with Crippen LogP contribution in [0, 0.1) is 0 Å². The summed E-state index contributed by atoms with van der Waals surface area (Å²) in [7, 11) is 0. The average Bonchev–Trinajstić information content (AvgIpc) is 2.63. The third-order valence-electron chi connectivity index (χ3n) is 3.01. The molecule has 0 unspecified atom stereocenters. The van der Waals surface area contributed by atoms with E-state index in [1.54, 1.807) is 17.0 Å². The van der Waals surface area contributed by atoms with Crippen LogP contribution in [-0.2, 0) is 0 Å². The van der Waals surface area contributed by atoms with Crippen LogP contribution >= 0.6 is 11.6 Å². The molecule has 0 fully saturated rings. The van der Waals surface area contributed by atoms with Crippen LogP contribution in [0.4, 0.5) is 5.69 Å². The standard InChI is InChI=1S/C15H10ClNO/c1-10-13-7-2-3-8-14(13)15(18)17(10)12-6-4-5-11(16)9-12/h2-9H,1H2. The normalized spacial score (nSPS) is 13.9. The summed E-state index contributed by atoms with van der Waals surface area (Å²) < 4.78 is 0.